The van der Waals surface area contributed by atoms with Crippen molar-refractivity contribution in [1.29, 1.82) is 0 Å². The smallest absolute Gasteiger partial charge is 0.314 e. The van der Waals surface area contributed by atoms with E-state index < -0.39 is 11.4 Å². The fourth-order valence-corrected chi connectivity index (χ4v) is 3.35. The molecular weight excluding hydrogens is 256 g/mol. The van der Waals surface area contributed by atoms with Gasteiger partial charge >= 0.3 is 5.97 Å². The average molecular weight is 278 g/mol. The number of methoxy groups -OCH3 is 2. The summed E-state index contributed by atoms with van der Waals surface area (Å²) >= 11 is 0. The lowest BCUT2D eigenvalue weighted by molar-refractivity contribution is -0.145. The lowest BCUT2D eigenvalue weighted by atomic mass is 9.68. The van der Waals surface area contributed by atoms with Crippen molar-refractivity contribution in [2.24, 2.45) is 0 Å². The first-order valence-corrected chi connectivity index (χ1v) is 7.02. The topological polar surface area (TPSA) is 55.8 Å². The fraction of sp³-hybridized carbons (Fsp3) is 0.562. The monoisotopic (exact) mass is 278 g/mol. The van der Waals surface area contributed by atoms with Crippen LogP contribution in [-0.4, -0.2) is 25.3 Å². The summed E-state index contributed by atoms with van der Waals surface area (Å²) in [6, 6.07) is 3.69. The minimum absolute atomic E-state index is 0.635. The molecule has 1 aliphatic rings. The van der Waals surface area contributed by atoms with Crippen molar-refractivity contribution < 1.29 is 19.4 Å². The first-order valence-electron chi connectivity index (χ1n) is 7.02. The van der Waals surface area contributed by atoms with Crippen LogP contribution < -0.4 is 9.47 Å². The molecule has 1 fully saturated rings. The van der Waals surface area contributed by atoms with Gasteiger partial charge in [0.2, 0.25) is 0 Å². The van der Waals surface area contributed by atoms with Gasteiger partial charge in [-0.15, -0.1) is 0 Å². The number of hydrogen-bond donors (Lipinski definition) is 1. The van der Waals surface area contributed by atoms with Gasteiger partial charge in [-0.05, 0) is 37.0 Å². The minimum atomic E-state index is -0.776. The van der Waals surface area contributed by atoms with Crippen molar-refractivity contribution in [3.05, 3.63) is 23.3 Å². The number of benzene rings is 1. The average Bonchev–Trinajstić information content (AvgIpc) is 2.47. The quantitative estimate of drug-likeness (QED) is 0.918. The highest BCUT2D eigenvalue weighted by atomic mass is 16.5. The number of ether oxygens (including phenoxy) is 2. The molecule has 0 heterocycles. The van der Waals surface area contributed by atoms with Crippen LogP contribution in [0.4, 0.5) is 0 Å². The summed E-state index contributed by atoms with van der Waals surface area (Å²) in [5.74, 6) is 0.550. The van der Waals surface area contributed by atoms with Crippen LogP contribution in [-0.2, 0) is 10.2 Å². The highest BCUT2D eigenvalue weighted by Gasteiger charge is 2.42. The maximum absolute atomic E-state index is 11.9. The number of hydrogen-bond acceptors (Lipinski definition) is 3. The zero-order chi connectivity index (χ0) is 14.8. The summed E-state index contributed by atoms with van der Waals surface area (Å²) in [4.78, 5) is 11.9. The second-order valence-corrected chi connectivity index (χ2v) is 5.42. The molecule has 4 heteroatoms. The Morgan fingerprint density at radius 1 is 1.15 bits per heavy atom. The van der Waals surface area contributed by atoms with Crippen LogP contribution in [0.3, 0.4) is 0 Å². The first kappa shape index (κ1) is 14.7. The molecule has 110 valence electrons. The van der Waals surface area contributed by atoms with Gasteiger partial charge in [-0.1, -0.05) is 25.3 Å². The molecule has 0 radical (unpaired) electrons. The van der Waals surface area contributed by atoms with Gasteiger partial charge in [0.15, 0.2) is 11.5 Å². The Bertz CT molecular complexity index is 501. The van der Waals surface area contributed by atoms with Crippen LogP contribution in [0.15, 0.2) is 12.1 Å². The molecule has 0 saturated heterocycles. The van der Waals surface area contributed by atoms with Crippen molar-refractivity contribution in [2.75, 3.05) is 14.2 Å². The van der Waals surface area contributed by atoms with Gasteiger partial charge in [-0.3, -0.25) is 4.79 Å². The van der Waals surface area contributed by atoms with Gasteiger partial charge in [0.05, 0.1) is 19.6 Å². The van der Waals surface area contributed by atoms with E-state index in [1.165, 1.54) is 0 Å². The Labute approximate surface area is 119 Å². The van der Waals surface area contributed by atoms with Crippen LogP contribution in [0.1, 0.15) is 43.2 Å². The van der Waals surface area contributed by atoms with Crippen LogP contribution in [0.25, 0.3) is 0 Å². The molecule has 1 aliphatic carbocycles. The third-order valence-corrected chi connectivity index (χ3v) is 4.43. The Morgan fingerprint density at radius 2 is 1.80 bits per heavy atom. The van der Waals surface area contributed by atoms with Gasteiger partial charge < -0.3 is 14.6 Å². The van der Waals surface area contributed by atoms with Crippen LogP contribution in [0.2, 0.25) is 0 Å². The predicted octanol–water partition coefficient (Wildman–Crippen LogP) is 3.30. The van der Waals surface area contributed by atoms with E-state index in [9.17, 15) is 9.90 Å². The van der Waals surface area contributed by atoms with Crippen LogP contribution in [0, 0.1) is 6.92 Å². The Balaban J connectivity index is 2.57. The summed E-state index contributed by atoms with van der Waals surface area (Å²) in [5, 5.41) is 9.78. The molecule has 4 nitrogen and oxygen atoms in total. The second kappa shape index (κ2) is 5.73. The number of aliphatic carboxylic acids is 1. The lowest BCUT2D eigenvalue weighted by Crippen LogP contribution is -2.38. The molecule has 1 saturated carbocycles. The van der Waals surface area contributed by atoms with E-state index in [-0.39, 0.29) is 0 Å². The molecule has 20 heavy (non-hydrogen) atoms. The molecule has 0 atom stereocenters. The lowest BCUT2D eigenvalue weighted by Gasteiger charge is -2.35. The van der Waals surface area contributed by atoms with Gasteiger partial charge in [-0.2, -0.15) is 0 Å². The van der Waals surface area contributed by atoms with E-state index in [2.05, 4.69) is 0 Å². The zero-order valence-electron chi connectivity index (χ0n) is 12.4. The van der Waals surface area contributed by atoms with Crippen molar-refractivity contribution in [2.45, 2.75) is 44.4 Å². The highest BCUT2D eigenvalue weighted by Crippen LogP contribution is 2.45. The zero-order valence-corrected chi connectivity index (χ0v) is 12.4. The number of rotatable bonds is 4. The summed E-state index contributed by atoms with van der Waals surface area (Å²) in [5.41, 5.74) is 0.959. The normalized spacial score (nSPS) is 17.6. The third-order valence-electron chi connectivity index (χ3n) is 4.43. The van der Waals surface area contributed by atoms with Crippen molar-refractivity contribution in [3.63, 3.8) is 0 Å². The standard InChI is InChI=1S/C16H22O4/c1-11-12(7-8-13(19-2)14(11)20-3)16(15(17)18)9-5-4-6-10-16/h7-8H,4-6,9-10H2,1-3H3,(H,17,18). The van der Waals surface area contributed by atoms with Crippen molar-refractivity contribution >= 4 is 5.97 Å². The molecule has 1 N–H and O–H groups in total. The molecule has 0 aromatic heterocycles. The summed E-state index contributed by atoms with van der Waals surface area (Å²) < 4.78 is 10.7. The number of carboxylic acids is 1. The molecule has 0 amide bonds. The van der Waals surface area contributed by atoms with Crippen LogP contribution >= 0.6 is 0 Å². The molecule has 1 aromatic carbocycles. The van der Waals surface area contributed by atoms with Gasteiger partial charge in [0.1, 0.15) is 0 Å². The Hall–Kier alpha value is -1.71. The first-order chi connectivity index (χ1) is 9.56. The summed E-state index contributed by atoms with van der Waals surface area (Å²) in [7, 11) is 3.17. The molecule has 1 aromatic rings. The van der Waals surface area contributed by atoms with Gasteiger partial charge in [0.25, 0.3) is 0 Å². The van der Waals surface area contributed by atoms with E-state index in [1.54, 1.807) is 20.3 Å². The SMILES string of the molecule is COc1ccc(C2(C(=O)O)CCCCC2)c(C)c1OC. The highest BCUT2D eigenvalue weighted by molar-refractivity contribution is 5.82. The van der Waals surface area contributed by atoms with Crippen molar-refractivity contribution in [1.82, 2.24) is 0 Å². The summed E-state index contributed by atoms with van der Waals surface area (Å²) in [6.07, 6.45) is 4.42. The third kappa shape index (κ3) is 2.23. The summed E-state index contributed by atoms with van der Waals surface area (Å²) in [6.45, 7) is 1.91. The van der Waals surface area contributed by atoms with E-state index >= 15 is 0 Å². The maximum Gasteiger partial charge on any atom is 0.314 e. The fourth-order valence-electron chi connectivity index (χ4n) is 3.35. The van der Waals surface area contributed by atoms with Gasteiger partial charge in [-0.25, -0.2) is 0 Å². The Morgan fingerprint density at radius 3 is 2.30 bits per heavy atom. The molecule has 2 rings (SSSR count). The molecule has 0 aliphatic heterocycles. The van der Waals surface area contributed by atoms with E-state index in [0.717, 1.165) is 30.4 Å². The Kier molecular flexibility index (Phi) is 4.21. The maximum atomic E-state index is 11.9. The number of carboxylic acid groups (broad SMARTS) is 1. The van der Waals surface area contributed by atoms with Crippen LogP contribution in [0.5, 0.6) is 11.5 Å². The van der Waals surface area contributed by atoms with E-state index in [0.29, 0.717) is 24.3 Å². The molecule has 0 unspecified atom stereocenters. The molecule has 0 bridgehead atoms. The predicted molar refractivity (Wildman–Crippen MR) is 76.7 cm³/mol. The largest absolute Gasteiger partial charge is 0.493 e. The van der Waals surface area contributed by atoms with Crippen molar-refractivity contribution in [3.8, 4) is 11.5 Å². The van der Waals surface area contributed by atoms with Gasteiger partial charge in [0, 0.05) is 0 Å². The minimum Gasteiger partial charge on any atom is -0.493 e. The van der Waals surface area contributed by atoms with E-state index in [1.807, 2.05) is 13.0 Å². The molecular formula is C16H22O4. The number of carbonyl (C=O) groups is 1. The van der Waals surface area contributed by atoms with E-state index in [4.69, 9.17) is 9.47 Å². The molecule has 0 spiro atoms. The second-order valence-electron chi connectivity index (χ2n) is 5.42.